The second-order valence-corrected chi connectivity index (χ2v) is 6.95. The SMILES string of the molecule is O=S(=O)(Oc1cccc2ccccc12)c1ccc(C=CBr)cc1. The molecule has 0 aliphatic heterocycles. The van der Waals surface area contributed by atoms with E-state index in [1.54, 1.807) is 29.3 Å². The van der Waals surface area contributed by atoms with Crippen LogP contribution in [-0.4, -0.2) is 8.42 Å². The lowest BCUT2D eigenvalue weighted by Gasteiger charge is -2.09. The van der Waals surface area contributed by atoms with Gasteiger partial charge in [0.15, 0.2) is 5.75 Å². The Morgan fingerprint density at radius 1 is 0.870 bits per heavy atom. The van der Waals surface area contributed by atoms with E-state index >= 15 is 0 Å². The average Bonchev–Trinajstić information content (AvgIpc) is 2.56. The molecular formula is C18H13BrO3S. The van der Waals surface area contributed by atoms with Crippen molar-refractivity contribution in [3.05, 3.63) is 77.3 Å². The van der Waals surface area contributed by atoms with Gasteiger partial charge in [0.1, 0.15) is 4.90 Å². The zero-order chi connectivity index (χ0) is 16.3. The smallest absolute Gasteiger partial charge is 0.339 e. The molecule has 116 valence electrons. The lowest BCUT2D eigenvalue weighted by Crippen LogP contribution is -2.09. The van der Waals surface area contributed by atoms with Crippen LogP contribution in [-0.2, 0) is 10.1 Å². The van der Waals surface area contributed by atoms with Crippen LogP contribution in [0.4, 0.5) is 0 Å². The highest BCUT2D eigenvalue weighted by Crippen LogP contribution is 2.28. The molecule has 0 aliphatic rings. The molecule has 0 heterocycles. The van der Waals surface area contributed by atoms with E-state index in [4.69, 9.17) is 4.18 Å². The van der Waals surface area contributed by atoms with Crippen LogP contribution >= 0.6 is 15.9 Å². The number of hydrogen-bond donors (Lipinski definition) is 0. The summed E-state index contributed by atoms with van der Waals surface area (Å²) in [7, 11) is -3.87. The highest BCUT2D eigenvalue weighted by molar-refractivity contribution is 9.11. The van der Waals surface area contributed by atoms with E-state index < -0.39 is 10.1 Å². The molecule has 0 bridgehead atoms. The summed E-state index contributed by atoms with van der Waals surface area (Å²) in [6.07, 6.45) is 1.82. The summed E-state index contributed by atoms with van der Waals surface area (Å²) in [6, 6.07) is 19.3. The Morgan fingerprint density at radius 3 is 2.30 bits per heavy atom. The van der Waals surface area contributed by atoms with Crippen LogP contribution < -0.4 is 4.18 Å². The summed E-state index contributed by atoms with van der Waals surface area (Å²) in [5.74, 6) is 0.326. The number of benzene rings is 3. The summed E-state index contributed by atoms with van der Waals surface area (Å²) < 4.78 is 30.3. The van der Waals surface area contributed by atoms with Crippen molar-refractivity contribution in [2.75, 3.05) is 0 Å². The molecule has 0 aliphatic carbocycles. The molecule has 3 aromatic rings. The van der Waals surface area contributed by atoms with E-state index in [2.05, 4.69) is 15.9 Å². The summed E-state index contributed by atoms with van der Waals surface area (Å²) in [5, 5.41) is 1.69. The van der Waals surface area contributed by atoms with Crippen LogP contribution in [0.15, 0.2) is 76.6 Å². The second-order valence-electron chi connectivity index (χ2n) is 4.88. The zero-order valence-corrected chi connectivity index (χ0v) is 14.4. The summed E-state index contributed by atoms with van der Waals surface area (Å²) in [5.41, 5.74) is 0.894. The van der Waals surface area contributed by atoms with Gasteiger partial charge in [0, 0.05) is 5.39 Å². The highest BCUT2D eigenvalue weighted by Gasteiger charge is 2.17. The van der Waals surface area contributed by atoms with E-state index in [0.717, 1.165) is 16.3 Å². The van der Waals surface area contributed by atoms with Gasteiger partial charge in [-0.05, 0) is 40.2 Å². The van der Waals surface area contributed by atoms with Crippen LogP contribution in [0.1, 0.15) is 5.56 Å². The molecule has 0 saturated heterocycles. The Hall–Kier alpha value is -2.11. The second kappa shape index (κ2) is 6.56. The van der Waals surface area contributed by atoms with Crippen molar-refractivity contribution >= 4 is 42.9 Å². The first-order chi connectivity index (χ1) is 11.1. The van der Waals surface area contributed by atoms with Gasteiger partial charge in [0.25, 0.3) is 0 Å². The minimum absolute atomic E-state index is 0.122. The summed E-state index contributed by atoms with van der Waals surface area (Å²) in [6.45, 7) is 0. The quantitative estimate of drug-likeness (QED) is 0.592. The Morgan fingerprint density at radius 2 is 1.57 bits per heavy atom. The van der Waals surface area contributed by atoms with E-state index in [9.17, 15) is 8.42 Å². The van der Waals surface area contributed by atoms with Gasteiger partial charge in [-0.2, -0.15) is 8.42 Å². The molecule has 3 aromatic carbocycles. The van der Waals surface area contributed by atoms with Crippen molar-refractivity contribution in [3.63, 3.8) is 0 Å². The third-order valence-electron chi connectivity index (χ3n) is 3.37. The summed E-state index contributed by atoms with van der Waals surface area (Å²) in [4.78, 5) is 1.83. The Labute approximate surface area is 143 Å². The Bertz CT molecular complexity index is 956. The van der Waals surface area contributed by atoms with Gasteiger partial charge in [-0.3, -0.25) is 0 Å². The predicted molar refractivity (Wildman–Crippen MR) is 96.2 cm³/mol. The van der Waals surface area contributed by atoms with Gasteiger partial charge >= 0.3 is 10.1 Å². The minimum atomic E-state index is -3.87. The van der Waals surface area contributed by atoms with Gasteiger partial charge in [-0.15, -0.1) is 0 Å². The van der Waals surface area contributed by atoms with Crippen molar-refractivity contribution in [1.29, 1.82) is 0 Å². The van der Waals surface area contributed by atoms with Gasteiger partial charge in [-0.1, -0.05) is 64.5 Å². The molecule has 3 nitrogen and oxygen atoms in total. The maximum absolute atomic E-state index is 12.5. The minimum Gasteiger partial charge on any atom is -0.378 e. The lowest BCUT2D eigenvalue weighted by molar-refractivity contribution is 0.488. The maximum Gasteiger partial charge on any atom is 0.339 e. The van der Waals surface area contributed by atoms with Crippen LogP contribution in [0.25, 0.3) is 16.8 Å². The molecule has 0 unspecified atom stereocenters. The third kappa shape index (κ3) is 3.46. The highest BCUT2D eigenvalue weighted by atomic mass is 79.9. The van der Waals surface area contributed by atoms with Crippen LogP contribution in [0.3, 0.4) is 0 Å². The standard InChI is InChI=1S/C18H13BrO3S/c19-13-12-14-8-10-16(11-9-14)23(20,21)22-18-7-3-5-15-4-1-2-6-17(15)18/h1-13H. The Kier molecular flexibility index (Phi) is 4.50. The van der Waals surface area contributed by atoms with Gasteiger partial charge in [0.2, 0.25) is 0 Å². The molecule has 0 atom stereocenters. The van der Waals surface area contributed by atoms with Gasteiger partial charge < -0.3 is 4.18 Å². The van der Waals surface area contributed by atoms with E-state index in [1.165, 1.54) is 12.1 Å². The molecule has 3 rings (SSSR count). The third-order valence-corrected chi connectivity index (χ3v) is 4.89. The largest absolute Gasteiger partial charge is 0.378 e. The first-order valence-electron chi connectivity index (χ1n) is 6.89. The fraction of sp³-hybridized carbons (Fsp3) is 0. The normalized spacial score (nSPS) is 11.9. The fourth-order valence-corrected chi connectivity index (χ4v) is 3.51. The molecular weight excluding hydrogens is 376 g/mol. The number of hydrogen-bond acceptors (Lipinski definition) is 3. The number of rotatable bonds is 4. The van der Waals surface area contributed by atoms with E-state index in [0.29, 0.717) is 5.75 Å². The molecule has 0 fully saturated rings. The van der Waals surface area contributed by atoms with Crippen molar-refractivity contribution in [2.45, 2.75) is 4.90 Å². The lowest BCUT2D eigenvalue weighted by atomic mass is 10.1. The number of halogens is 1. The average molecular weight is 389 g/mol. The molecule has 0 saturated carbocycles. The molecule has 0 N–H and O–H groups in total. The molecule has 23 heavy (non-hydrogen) atoms. The van der Waals surface area contributed by atoms with E-state index in [1.807, 2.05) is 36.4 Å². The van der Waals surface area contributed by atoms with Crippen molar-refractivity contribution in [3.8, 4) is 5.75 Å². The summed E-state index contributed by atoms with van der Waals surface area (Å²) >= 11 is 3.19. The first-order valence-corrected chi connectivity index (χ1v) is 9.22. The van der Waals surface area contributed by atoms with Crippen molar-refractivity contribution < 1.29 is 12.6 Å². The molecule has 0 amide bonds. The topological polar surface area (TPSA) is 43.4 Å². The maximum atomic E-state index is 12.5. The zero-order valence-electron chi connectivity index (χ0n) is 12.0. The van der Waals surface area contributed by atoms with Gasteiger partial charge in [-0.25, -0.2) is 0 Å². The molecule has 5 heteroatoms. The molecule has 0 radical (unpaired) electrons. The van der Waals surface area contributed by atoms with Gasteiger partial charge in [0.05, 0.1) is 0 Å². The fourth-order valence-electron chi connectivity index (χ4n) is 2.25. The van der Waals surface area contributed by atoms with Crippen molar-refractivity contribution in [1.82, 2.24) is 0 Å². The first kappa shape index (κ1) is 15.8. The van der Waals surface area contributed by atoms with Crippen molar-refractivity contribution in [2.24, 2.45) is 0 Å². The number of fused-ring (bicyclic) bond motifs is 1. The van der Waals surface area contributed by atoms with Crippen LogP contribution in [0.5, 0.6) is 5.75 Å². The van der Waals surface area contributed by atoms with Crippen LogP contribution in [0, 0.1) is 0 Å². The van der Waals surface area contributed by atoms with Crippen LogP contribution in [0.2, 0.25) is 0 Å². The van der Waals surface area contributed by atoms with E-state index in [-0.39, 0.29) is 4.90 Å². The molecule has 0 spiro atoms. The molecule has 0 aromatic heterocycles. The predicted octanol–water partition coefficient (Wildman–Crippen LogP) is 4.97. The monoisotopic (exact) mass is 388 g/mol. The Balaban J connectivity index is 1.97.